The summed E-state index contributed by atoms with van der Waals surface area (Å²) in [7, 11) is 0. The Morgan fingerprint density at radius 1 is 1.13 bits per heavy atom. The van der Waals surface area contributed by atoms with Crippen molar-refractivity contribution in [1.82, 2.24) is 10.6 Å². The number of hydrogen-bond donors (Lipinski definition) is 2. The molecule has 5 nitrogen and oxygen atoms in total. The van der Waals surface area contributed by atoms with Crippen molar-refractivity contribution < 1.29 is 14.3 Å². The van der Waals surface area contributed by atoms with E-state index in [4.69, 9.17) is 16.3 Å². The number of halogens is 1. The number of amides is 2. The van der Waals surface area contributed by atoms with Gasteiger partial charge in [0.15, 0.2) is 0 Å². The van der Waals surface area contributed by atoms with E-state index in [1.54, 1.807) is 13.8 Å². The van der Waals surface area contributed by atoms with E-state index in [9.17, 15) is 9.59 Å². The van der Waals surface area contributed by atoms with E-state index >= 15 is 0 Å². The molecule has 0 fully saturated rings. The SMILES string of the molecule is CC(C)OC(=O)N[C@H](C(=O)NCCc1ccc(Cl)cc1)C(C)C. The first-order chi connectivity index (χ1) is 10.8. The van der Waals surface area contributed by atoms with Crippen LogP contribution in [-0.2, 0) is 16.0 Å². The molecule has 1 aromatic rings. The summed E-state index contributed by atoms with van der Waals surface area (Å²) in [6, 6.07) is 6.86. The normalized spacial score (nSPS) is 12.1. The maximum absolute atomic E-state index is 12.2. The van der Waals surface area contributed by atoms with E-state index in [1.807, 2.05) is 38.1 Å². The summed E-state index contributed by atoms with van der Waals surface area (Å²) in [6.45, 7) is 7.76. The van der Waals surface area contributed by atoms with Gasteiger partial charge in [0.25, 0.3) is 0 Å². The molecule has 0 aliphatic heterocycles. The molecule has 0 saturated heterocycles. The van der Waals surface area contributed by atoms with Gasteiger partial charge in [0, 0.05) is 11.6 Å². The van der Waals surface area contributed by atoms with Gasteiger partial charge in [0.05, 0.1) is 6.10 Å². The summed E-state index contributed by atoms with van der Waals surface area (Å²) in [5.74, 6) is -0.250. The number of hydrogen-bond acceptors (Lipinski definition) is 3. The second-order valence-electron chi connectivity index (χ2n) is 5.99. The summed E-state index contributed by atoms with van der Waals surface area (Å²) < 4.78 is 5.02. The van der Waals surface area contributed by atoms with Gasteiger partial charge in [-0.25, -0.2) is 4.79 Å². The van der Waals surface area contributed by atoms with Crippen LogP contribution in [0.4, 0.5) is 4.79 Å². The lowest BCUT2D eigenvalue weighted by Gasteiger charge is -2.22. The molecule has 6 heteroatoms. The highest BCUT2D eigenvalue weighted by Gasteiger charge is 2.24. The lowest BCUT2D eigenvalue weighted by atomic mass is 10.0. The van der Waals surface area contributed by atoms with Gasteiger partial charge in [0.2, 0.25) is 5.91 Å². The molecule has 0 saturated carbocycles. The number of carbonyl (C=O) groups excluding carboxylic acids is 2. The van der Waals surface area contributed by atoms with Crippen molar-refractivity contribution >= 4 is 23.6 Å². The third-order valence-electron chi connectivity index (χ3n) is 3.19. The van der Waals surface area contributed by atoms with Gasteiger partial charge in [-0.3, -0.25) is 4.79 Å². The highest BCUT2D eigenvalue weighted by atomic mass is 35.5. The van der Waals surface area contributed by atoms with Crippen molar-refractivity contribution in [2.45, 2.75) is 46.3 Å². The molecule has 0 unspecified atom stereocenters. The minimum absolute atomic E-state index is 0.0368. The molecule has 0 heterocycles. The van der Waals surface area contributed by atoms with Crippen molar-refractivity contribution in [1.29, 1.82) is 0 Å². The summed E-state index contributed by atoms with van der Waals surface area (Å²) in [5.41, 5.74) is 1.09. The second-order valence-corrected chi connectivity index (χ2v) is 6.42. The van der Waals surface area contributed by atoms with Gasteiger partial charge in [0.1, 0.15) is 6.04 Å². The highest BCUT2D eigenvalue weighted by molar-refractivity contribution is 6.30. The smallest absolute Gasteiger partial charge is 0.408 e. The number of nitrogens with one attached hydrogen (secondary N) is 2. The van der Waals surface area contributed by atoms with Gasteiger partial charge in [-0.05, 0) is 43.9 Å². The predicted octanol–water partition coefficient (Wildman–Crippen LogP) is 3.16. The van der Waals surface area contributed by atoms with Gasteiger partial charge in [-0.2, -0.15) is 0 Å². The van der Waals surface area contributed by atoms with Gasteiger partial charge >= 0.3 is 6.09 Å². The maximum Gasteiger partial charge on any atom is 0.408 e. The Bertz CT molecular complexity index is 515. The molecular formula is C17H25ClN2O3. The molecule has 23 heavy (non-hydrogen) atoms. The van der Waals surface area contributed by atoms with Crippen LogP contribution in [0.1, 0.15) is 33.3 Å². The third kappa shape index (κ3) is 7.37. The Morgan fingerprint density at radius 2 is 1.74 bits per heavy atom. The van der Waals surface area contributed by atoms with Crippen molar-refractivity contribution in [2.75, 3.05) is 6.54 Å². The van der Waals surface area contributed by atoms with E-state index in [0.29, 0.717) is 18.0 Å². The first-order valence-corrected chi connectivity index (χ1v) is 8.16. The largest absolute Gasteiger partial charge is 0.447 e. The molecule has 1 rings (SSSR count). The predicted molar refractivity (Wildman–Crippen MR) is 91.5 cm³/mol. The fraction of sp³-hybridized carbons (Fsp3) is 0.529. The zero-order valence-electron chi connectivity index (χ0n) is 14.1. The highest BCUT2D eigenvalue weighted by Crippen LogP contribution is 2.09. The molecule has 0 aromatic heterocycles. The third-order valence-corrected chi connectivity index (χ3v) is 3.44. The van der Waals surface area contributed by atoms with Crippen LogP contribution < -0.4 is 10.6 Å². The van der Waals surface area contributed by atoms with Crippen LogP contribution in [-0.4, -0.2) is 30.7 Å². The maximum atomic E-state index is 12.2. The second kappa shape index (κ2) is 9.40. The zero-order chi connectivity index (χ0) is 17.4. The van der Waals surface area contributed by atoms with Gasteiger partial charge in [-0.15, -0.1) is 0 Å². The Morgan fingerprint density at radius 3 is 2.26 bits per heavy atom. The molecule has 0 spiro atoms. The van der Waals surface area contributed by atoms with Crippen LogP contribution in [0.5, 0.6) is 0 Å². The first-order valence-electron chi connectivity index (χ1n) is 7.79. The average Bonchev–Trinajstić information content (AvgIpc) is 2.45. The van der Waals surface area contributed by atoms with Crippen molar-refractivity contribution in [3.8, 4) is 0 Å². The zero-order valence-corrected chi connectivity index (χ0v) is 14.8. The number of benzene rings is 1. The Labute approximate surface area is 142 Å². The summed E-state index contributed by atoms with van der Waals surface area (Å²) in [4.78, 5) is 23.9. The molecule has 1 atom stereocenters. The molecule has 0 aliphatic rings. The lowest BCUT2D eigenvalue weighted by Crippen LogP contribution is -2.50. The summed E-state index contributed by atoms with van der Waals surface area (Å²) in [6.07, 6.45) is -0.105. The quantitative estimate of drug-likeness (QED) is 0.801. The van der Waals surface area contributed by atoms with Crippen LogP contribution >= 0.6 is 11.6 Å². The first kappa shape index (κ1) is 19.3. The van der Waals surface area contributed by atoms with E-state index < -0.39 is 12.1 Å². The Kier molecular flexibility index (Phi) is 7.89. The van der Waals surface area contributed by atoms with Crippen LogP contribution in [0.15, 0.2) is 24.3 Å². The van der Waals surface area contributed by atoms with Gasteiger partial charge in [-0.1, -0.05) is 37.6 Å². The van der Waals surface area contributed by atoms with E-state index in [1.165, 1.54) is 0 Å². The molecule has 0 aliphatic carbocycles. The molecular weight excluding hydrogens is 316 g/mol. The fourth-order valence-electron chi connectivity index (χ4n) is 2.00. The molecule has 128 valence electrons. The number of ether oxygens (including phenoxy) is 1. The molecule has 2 N–H and O–H groups in total. The minimum Gasteiger partial charge on any atom is -0.447 e. The van der Waals surface area contributed by atoms with Crippen LogP contribution in [0.3, 0.4) is 0 Å². The van der Waals surface area contributed by atoms with E-state index in [-0.39, 0.29) is 17.9 Å². The van der Waals surface area contributed by atoms with E-state index in [2.05, 4.69) is 10.6 Å². The van der Waals surface area contributed by atoms with Crippen LogP contribution in [0.2, 0.25) is 5.02 Å². The topological polar surface area (TPSA) is 67.4 Å². The summed E-state index contributed by atoms with van der Waals surface area (Å²) in [5, 5.41) is 6.14. The van der Waals surface area contributed by atoms with Crippen molar-refractivity contribution in [3.05, 3.63) is 34.9 Å². The molecule has 1 aromatic carbocycles. The molecule has 2 amide bonds. The molecule has 0 bridgehead atoms. The Hall–Kier alpha value is -1.75. The number of alkyl carbamates (subject to hydrolysis) is 1. The van der Waals surface area contributed by atoms with Gasteiger partial charge < -0.3 is 15.4 Å². The van der Waals surface area contributed by atoms with Crippen LogP contribution in [0, 0.1) is 5.92 Å². The molecule has 0 radical (unpaired) electrons. The monoisotopic (exact) mass is 340 g/mol. The van der Waals surface area contributed by atoms with Crippen molar-refractivity contribution in [3.63, 3.8) is 0 Å². The minimum atomic E-state index is -0.619. The Balaban J connectivity index is 2.47. The van der Waals surface area contributed by atoms with Crippen molar-refractivity contribution in [2.24, 2.45) is 5.92 Å². The lowest BCUT2D eigenvalue weighted by molar-refractivity contribution is -0.124. The fourth-order valence-corrected chi connectivity index (χ4v) is 2.13. The van der Waals surface area contributed by atoms with E-state index in [0.717, 1.165) is 5.56 Å². The number of rotatable bonds is 7. The average molecular weight is 341 g/mol. The van der Waals surface area contributed by atoms with Crippen LogP contribution in [0.25, 0.3) is 0 Å². The summed E-state index contributed by atoms with van der Waals surface area (Å²) >= 11 is 5.84. The standard InChI is InChI=1S/C17H25ClN2O3/c1-11(2)15(20-17(22)23-12(3)4)16(21)19-10-9-13-5-7-14(18)8-6-13/h5-8,11-12,15H,9-10H2,1-4H3,(H,19,21)(H,20,22)/t15-/m0/s1. The number of carbonyl (C=O) groups is 2.